The molecule has 140 valence electrons. The molecular formula is C18H28F2N4O. The summed E-state index contributed by atoms with van der Waals surface area (Å²) >= 11 is 0. The van der Waals surface area contributed by atoms with Gasteiger partial charge in [-0.1, -0.05) is 30.3 Å². The van der Waals surface area contributed by atoms with Gasteiger partial charge in [0, 0.05) is 32.7 Å². The van der Waals surface area contributed by atoms with Crippen LogP contribution in [0.5, 0.6) is 0 Å². The van der Waals surface area contributed by atoms with E-state index in [-0.39, 0.29) is 12.6 Å². The van der Waals surface area contributed by atoms with Gasteiger partial charge in [-0.3, -0.25) is 9.89 Å². The number of hydrogen-bond acceptors (Lipinski definition) is 3. The van der Waals surface area contributed by atoms with Gasteiger partial charge in [0.25, 0.3) is 6.43 Å². The highest BCUT2D eigenvalue weighted by Gasteiger charge is 2.21. The Balaban J connectivity index is 1.58. The summed E-state index contributed by atoms with van der Waals surface area (Å²) < 4.78 is 30.4. The van der Waals surface area contributed by atoms with Gasteiger partial charge in [-0.05, 0) is 18.4 Å². The molecule has 1 fully saturated rings. The maximum absolute atomic E-state index is 12.4. The van der Waals surface area contributed by atoms with E-state index >= 15 is 0 Å². The number of likely N-dealkylation sites (tertiary alicyclic amines) is 1. The molecule has 1 aromatic carbocycles. The minimum absolute atomic E-state index is 0.127. The Kier molecular flexibility index (Phi) is 8.62. The summed E-state index contributed by atoms with van der Waals surface area (Å²) in [6, 6.07) is 10.3. The molecule has 1 saturated heterocycles. The van der Waals surface area contributed by atoms with E-state index in [1.165, 1.54) is 0 Å². The topological polar surface area (TPSA) is 48.9 Å². The molecule has 0 atom stereocenters. The number of halogens is 2. The summed E-state index contributed by atoms with van der Waals surface area (Å²) in [6.07, 6.45) is -0.564. The average molecular weight is 354 g/mol. The minimum Gasteiger partial charge on any atom is -0.375 e. The monoisotopic (exact) mass is 354 g/mol. The number of aliphatic imine (C=N–C) groups is 1. The molecule has 1 aliphatic heterocycles. The summed E-state index contributed by atoms with van der Waals surface area (Å²) in [5.41, 5.74) is 1.15. The van der Waals surface area contributed by atoms with Crippen LogP contribution in [0.2, 0.25) is 0 Å². The van der Waals surface area contributed by atoms with Crippen molar-refractivity contribution in [3.8, 4) is 0 Å². The lowest BCUT2D eigenvalue weighted by Gasteiger charge is -2.32. The Morgan fingerprint density at radius 3 is 2.64 bits per heavy atom. The van der Waals surface area contributed by atoms with Crippen LogP contribution in [0.4, 0.5) is 8.78 Å². The highest BCUT2D eigenvalue weighted by molar-refractivity contribution is 5.79. The van der Waals surface area contributed by atoms with Gasteiger partial charge in [0.15, 0.2) is 5.96 Å². The second-order valence-corrected chi connectivity index (χ2v) is 6.15. The number of benzene rings is 1. The molecule has 0 amide bonds. The van der Waals surface area contributed by atoms with Crippen molar-refractivity contribution in [1.82, 2.24) is 15.5 Å². The van der Waals surface area contributed by atoms with Crippen LogP contribution in [0.15, 0.2) is 35.3 Å². The third kappa shape index (κ3) is 7.79. The van der Waals surface area contributed by atoms with Crippen LogP contribution in [0, 0.1) is 0 Å². The van der Waals surface area contributed by atoms with Gasteiger partial charge in [-0.25, -0.2) is 8.78 Å². The second-order valence-electron chi connectivity index (χ2n) is 6.15. The van der Waals surface area contributed by atoms with Crippen LogP contribution in [-0.2, 0) is 11.3 Å². The van der Waals surface area contributed by atoms with Crippen LogP contribution in [-0.4, -0.2) is 63.2 Å². The fourth-order valence-corrected chi connectivity index (χ4v) is 2.85. The van der Waals surface area contributed by atoms with Crippen molar-refractivity contribution in [2.45, 2.75) is 31.9 Å². The number of ether oxygens (including phenoxy) is 1. The third-order valence-corrected chi connectivity index (χ3v) is 4.20. The largest absolute Gasteiger partial charge is 0.375 e. The molecule has 0 aromatic heterocycles. The van der Waals surface area contributed by atoms with Gasteiger partial charge in [-0.2, -0.15) is 0 Å². The van der Waals surface area contributed by atoms with Gasteiger partial charge in [0.1, 0.15) is 0 Å². The average Bonchev–Trinajstić information content (AvgIpc) is 2.62. The summed E-state index contributed by atoms with van der Waals surface area (Å²) in [5.74, 6) is 0.732. The van der Waals surface area contributed by atoms with Crippen molar-refractivity contribution in [3.63, 3.8) is 0 Å². The number of guanidine groups is 1. The van der Waals surface area contributed by atoms with Gasteiger partial charge in [0.05, 0.1) is 19.8 Å². The van der Waals surface area contributed by atoms with Gasteiger partial charge in [-0.15, -0.1) is 0 Å². The zero-order valence-electron chi connectivity index (χ0n) is 14.8. The molecule has 2 rings (SSSR count). The molecular weight excluding hydrogens is 326 g/mol. The van der Waals surface area contributed by atoms with Crippen LogP contribution in [0.1, 0.15) is 18.4 Å². The van der Waals surface area contributed by atoms with Crippen LogP contribution in [0.3, 0.4) is 0 Å². The molecule has 1 heterocycles. The van der Waals surface area contributed by atoms with E-state index in [9.17, 15) is 8.78 Å². The van der Waals surface area contributed by atoms with E-state index in [0.717, 1.165) is 24.4 Å². The van der Waals surface area contributed by atoms with Crippen molar-refractivity contribution in [2.24, 2.45) is 4.99 Å². The lowest BCUT2D eigenvalue weighted by atomic mass is 10.1. The number of nitrogens with zero attached hydrogens (tertiary/aromatic N) is 2. The molecule has 0 saturated carbocycles. The fraction of sp³-hybridized carbons (Fsp3) is 0.611. The number of rotatable bonds is 8. The maximum atomic E-state index is 12.4. The summed E-state index contributed by atoms with van der Waals surface area (Å²) in [6.45, 7) is 3.10. The molecule has 0 aliphatic carbocycles. The lowest BCUT2D eigenvalue weighted by molar-refractivity contribution is 0.0744. The SMILES string of the molecule is CN=C(NCCOCc1ccccc1)NC1CCN(CC(F)F)CC1. The normalized spacial score (nSPS) is 17.0. The Labute approximate surface area is 148 Å². The standard InChI is InChI=1S/C18H28F2N4O/c1-21-18(22-9-12-25-14-15-5-3-2-4-6-15)23-16-7-10-24(11-8-16)13-17(19)20/h2-6,16-17H,7-14H2,1H3,(H2,21,22,23). The molecule has 25 heavy (non-hydrogen) atoms. The molecule has 1 aromatic rings. The number of alkyl halides is 2. The molecule has 0 bridgehead atoms. The van der Waals surface area contributed by atoms with Crippen molar-refractivity contribution in [1.29, 1.82) is 0 Å². The zero-order valence-corrected chi connectivity index (χ0v) is 14.8. The molecule has 1 aliphatic rings. The molecule has 7 heteroatoms. The first kappa shape index (κ1) is 19.6. The van der Waals surface area contributed by atoms with E-state index < -0.39 is 6.43 Å². The molecule has 0 radical (unpaired) electrons. The molecule has 2 N–H and O–H groups in total. The van der Waals surface area contributed by atoms with E-state index in [2.05, 4.69) is 15.6 Å². The van der Waals surface area contributed by atoms with Gasteiger partial charge in [0.2, 0.25) is 0 Å². The Morgan fingerprint density at radius 2 is 2.00 bits per heavy atom. The first-order valence-corrected chi connectivity index (χ1v) is 8.76. The Hall–Kier alpha value is -1.73. The predicted octanol–water partition coefficient (Wildman–Crippen LogP) is 2.10. The van der Waals surface area contributed by atoms with E-state index in [4.69, 9.17) is 4.74 Å². The van der Waals surface area contributed by atoms with Crippen LogP contribution < -0.4 is 10.6 Å². The summed E-state index contributed by atoms with van der Waals surface area (Å²) in [7, 11) is 1.73. The smallest absolute Gasteiger partial charge is 0.251 e. The second kappa shape index (κ2) is 11.0. The number of nitrogens with one attached hydrogen (secondary N) is 2. The van der Waals surface area contributed by atoms with Crippen molar-refractivity contribution in [3.05, 3.63) is 35.9 Å². The molecule has 0 unspecified atom stereocenters. The minimum atomic E-state index is -2.25. The summed E-state index contributed by atoms with van der Waals surface area (Å²) in [5, 5.41) is 6.58. The van der Waals surface area contributed by atoms with E-state index in [0.29, 0.717) is 32.8 Å². The predicted molar refractivity (Wildman–Crippen MR) is 96.1 cm³/mol. The van der Waals surface area contributed by atoms with Crippen LogP contribution in [0.25, 0.3) is 0 Å². The zero-order chi connectivity index (χ0) is 17.9. The molecule has 5 nitrogen and oxygen atoms in total. The first-order chi connectivity index (χ1) is 12.2. The van der Waals surface area contributed by atoms with Crippen molar-refractivity contribution >= 4 is 5.96 Å². The Morgan fingerprint density at radius 1 is 1.28 bits per heavy atom. The first-order valence-electron chi connectivity index (χ1n) is 8.76. The third-order valence-electron chi connectivity index (χ3n) is 4.20. The lowest BCUT2D eigenvalue weighted by Crippen LogP contribution is -2.49. The quantitative estimate of drug-likeness (QED) is 0.426. The van der Waals surface area contributed by atoms with E-state index in [1.807, 2.05) is 35.2 Å². The van der Waals surface area contributed by atoms with Crippen LogP contribution >= 0.6 is 0 Å². The number of hydrogen-bond donors (Lipinski definition) is 2. The highest BCUT2D eigenvalue weighted by atomic mass is 19.3. The fourth-order valence-electron chi connectivity index (χ4n) is 2.85. The maximum Gasteiger partial charge on any atom is 0.251 e. The number of piperidine rings is 1. The Bertz CT molecular complexity index is 505. The van der Waals surface area contributed by atoms with Crippen molar-refractivity contribution in [2.75, 3.05) is 39.8 Å². The van der Waals surface area contributed by atoms with E-state index in [1.54, 1.807) is 7.05 Å². The molecule has 0 spiro atoms. The van der Waals surface area contributed by atoms with Gasteiger partial charge < -0.3 is 15.4 Å². The van der Waals surface area contributed by atoms with Gasteiger partial charge >= 0.3 is 0 Å². The summed E-state index contributed by atoms with van der Waals surface area (Å²) in [4.78, 5) is 6.03. The van der Waals surface area contributed by atoms with Crippen molar-refractivity contribution < 1.29 is 13.5 Å². The highest BCUT2D eigenvalue weighted by Crippen LogP contribution is 2.11.